The summed E-state index contributed by atoms with van der Waals surface area (Å²) in [6.07, 6.45) is 1.47. The van der Waals surface area contributed by atoms with Crippen LogP contribution in [0.5, 0.6) is 0 Å². The van der Waals surface area contributed by atoms with Gasteiger partial charge in [-0.05, 0) is 24.7 Å². The quantitative estimate of drug-likeness (QED) is 0.623. The van der Waals surface area contributed by atoms with Gasteiger partial charge in [-0.2, -0.15) is 0 Å². The van der Waals surface area contributed by atoms with E-state index in [1.54, 1.807) is 0 Å². The molecule has 0 saturated heterocycles. The second kappa shape index (κ2) is 4.82. The molecule has 1 unspecified atom stereocenters. The van der Waals surface area contributed by atoms with E-state index >= 15 is 0 Å². The second-order valence-electron chi connectivity index (χ2n) is 3.79. The van der Waals surface area contributed by atoms with Gasteiger partial charge < -0.3 is 4.55 Å². The van der Waals surface area contributed by atoms with Crippen LogP contribution in [-0.4, -0.2) is 18.7 Å². The van der Waals surface area contributed by atoms with E-state index in [2.05, 4.69) is 13.8 Å². The van der Waals surface area contributed by atoms with Gasteiger partial charge in [0.15, 0.2) is 0 Å². The number of hydrogen-bond acceptors (Lipinski definition) is 3. The van der Waals surface area contributed by atoms with Crippen LogP contribution in [0.3, 0.4) is 0 Å². The first-order chi connectivity index (χ1) is 5.31. The monoisotopic (exact) mass is 193 g/mol. The second-order valence-corrected chi connectivity index (χ2v) is 5.31. The molecule has 0 aromatic rings. The van der Waals surface area contributed by atoms with E-state index in [0.717, 1.165) is 6.42 Å². The molecule has 0 radical (unpaired) electrons. The fourth-order valence-corrected chi connectivity index (χ4v) is 1.96. The number of rotatable bonds is 5. The van der Waals surface area contributed by atoms with Gasteiger partial charge in [-0.1, -0.05) is 20.8 Å². The summed E-state index contributed by atoms with van der Waals surface area (Å²) >= 11 is 0. The Morgan fingerprint density at radius 3 is 2.08 bits per heavy atom. The van der Waals surface area contributed by atoms with E-state index < -0.39 is 10.1 Å². The van der Waals surface area contributed by atoms with Crippen LogP contribution in [0.1, 0.15) is 33.6 Å². The van der Waals surface area contributed by atoms with Crippen molar-refractivity contribution >= 4 is 10.1 Å². The molecule has 0 aliphatic heterocycles. The van der Waals surface area contributed by atoms with Gasteiger partial charge in [0, 0.05) is 5.75 Å². The first kappa shape index (κ1) is 11.9. The van der Waals surface area contributed by atoms with E-state index in [4.69, 9.17) is 0 Å². The molecule has 0 bridgehead atoms. The van der Waals surface area contributed by atoms with Crippen molar-refractivity contribution in [1.29, 1.82) is 0 Å². The third kappa shape index (κ3) is 8.01. The molecule has 1 atom stereocenters. The average molecular weight is 193 g/mol. The Hall–Kier alpha value is -0.0900. The zero-order valence-electron chi connectivity index (χ0n) is 7.91. The van der Waals surface area contributed by atoms with Gasteiger partial charge in [0.1, 0.15) is 0 Å². The summed E-state index contributed by atoms with van der Waals surface area (Å²) in [5.41, 5.74) is 0. The maximum Gasteiger partial charge on any atom is 0.0946 e. The Labute approximate surface area is 74.9 Å². The Balaban J connectivity index is 3.65. The molecule has 74 valence electrons. The average Bonchev–Trinajstić information content (AvgIpc) is 1.80. The van der Waals surface area contributed by atoms with E-state index in [1.807, 2.05) is 6.92 Å². The highest BCUT2D eigenvalue weighted by Crippen LogP contribution is 2.14. The maximum absolute atomic E-state index is 10.3. The molecule has 0 aromatic heterocycles. The minimum Gasteiger partial charge on any atom is -0.748 e. The molecule has 0 fully saturated rings. The lowest BCUT2D eigenvalue weighted by Crippen LogP contribution is -2.09. The van der Waals surface area contributed by atoms with Crippen molar-refractivity contribution in [3.8, 4) is 0 Å². The third-order valence-electron chi connectivity index (χ3n) is 1.73. The van der Waals surface area contributed by atoms with Crippen LogP contribution in [0.25, 0.3) is 0 Å². The molecule has 3 nitrogen and oxygen atoms in total. The zero-order valence-corrected chi connectivity index (χ0v) is 8.73. The first-order valence-corrected chi connectivity index (χ1v) is 5.82. The van der Waals surface area contributed by atoms with E-state index in [0.29, 0.717) is 18.3 Å². The first-order valence-electron chi connectivity index (χ1n) is 4.25. The Kier molecular flexibility index (Phi) is 4.78. The summed E-state index contributed by atoms with van der Waals surface area (Å²) in [5.74, 6) is 0.670. The fourth-order valence-electron chi connectivity index (χ4n) is 1.27. The van der Waals surface area contributed by atoms with Crippen molar-refractivity contribution in [3.63, 3.8) is 0 Å². The van der Waals surface area contributed by atoms with Crippen molar-refractivity contribution in [2.75, 3.05) is 5.75 Å². The lowest BCUT2D eigenvalue weighted by atomic mass is 9.97. The van der Waals surface area contributed by atoms with Gasteiger partial charge in [-0.25, -0.2) is 8.42 Å². The molecule has 0 amide bonds. The van der Waals surface area contributed by atoms with E-state index in [9.17, 15) is 13.0 Å². The lowest BCUT2D eigenvalue weighted by molar-refractivity contribution is 0.414. The number of hydrogen-bond donors (Lipinski definition) is 0. The van der Waals surface area contributed by atoms with Crippen molar-refractivity contribution in [2.45, 2.75) is 33.6 Å². The minimum absolute atomic E-state index is 0.221. The van der Waals surface area contributed by atoms with Gasteiger partial charge in [-0.15, -0.1) is 0 Å². The molecule has 0 heterocycles. The van der Waals surface area contributed by atoms with Crippen LogP contribution in [0.4, 0.5) is 0 Å². The highest BCUT2D eigenvalue weighted by atomic mass is 32.2. The molecule has 0 aliphatic carbocycles. The van der Waals surface area contributed by atoms with Crippen LogP contribution in [0.2, 0.25) is 0 Å². The van der Waals surface area contributed by atoms with Crippen LogP contribution in [-0.2, 0) is 10.1 Å². The predicted molar refractivity (Wildman–Crippen MR) is 47.8 cm³/mol. The van der Waals surface area contributed by atoms with Gasteiger partial charge in [-0.3, -0.25) is 0 Å². The standard InChI is InChI=1S/C8H18O3S/c1-7(2)6-8(3)4-5-12(9,10)11/h7-8H,4-6H2,1-3H3,(H,9,10,11)/p-1. The van der Waals surface area contributed by atoms with Crippen molar-refractivity contribution in [1.82, 2.24) is 0 Å². The van der Waals surface area contributed by atoms with Crippen LogP contribution in [0.15, 0.2) is 0 Å². The normalized spacial score (nSPS) is 15.1. The molecule has 0 aliphatic rings. The topological polar surface area (TPSA) is 57.2 Å². The summed E-state index contributed by atoms with van der Waals surface area (Å²) in [6, 6.07) is 0. The molecular formula is C8H17O3S-. The zero-order chi connectivity index (χ0) is 9.78. The smallest absolute Gasteiger partial charge is 0.0946 e. The minimum atomic E-state index is -4.00. The molecule has 4 heteroatoms. The summed E-state index contributed by atoms with van der Waals surface area (Å²) in [7, 11) is -4.00. The fraction of sp³-hybridized carbons (Fsp3) is 1.00. The molecular weight excluding hydrogens is 176 g/mol. The van der Waals surface area contributed by atoms with Gasteiger partial charge in [0.25, 0.3) is 0 Å². The SMILES string of the molecule is CC(C)CC(C)CCS(=O)(=O)[O-]. The van der Waals surface area contributed by atoms with Crippen LogP contribution < -0.4 is 0 Å². The van der Waals surface area contributed by atoms with Crippen LogP contribution in [0, 0.1) is 11.8 Å². The Morgan fingerprint density at radius 2 is 1.75 bits per heavy atom. The molecule has 0 N–H and O–H groups in total. The predicted octanol–water partition coefficient (Wildman–Crippen LogP) is 1.60. The van der Waals surface area contributed by atoms with Crippen molar-refractivity contribution in [2.24, 2.45) is 11.8 Å². The highest BCUT2D eigenvalue weighted by molar-refractivity contribution is 7.85. The third-order valence-corrected chi connectivity index (χ3v) is 2.47. The van der Waals surface area contributed by atoms with E-state index in [1.165, 1.54) is 0 Å². The largest absolute Gasteiger partial charge is 0.748 e. The van der Waals surface area contributed by atoms with Gasteiger partial charge in [0.2, 0.25) is 0 Å². The Bertz CT molecular complexity index is 206. The molecule has 0 aromatic carbocycles. The van der Waals surface area contributed by atoms with Crippen molar-refractivity contribution < 1.29 is 13.0 Å². The Morgan fingerprint density at radius 1 is 1.25 bits per heavy atom. The van der Waals surface area contributed by atoms with Crippen LogP contribution >= 0.6 is 0 Å². The molecule has 0 saturated carbocycles. The summed E-state index contributed by atoms with van der Waals surface area (Å²) in [6.45, 7) is 6.15. The highest BCUT2D eigenvalue weighted by Gasteiger charge is 2.06. The lowest BCUT2D eigenvalue weighted by Gasteiger charge is -2.14. The summed E-state index contributed by atoms with van der Waals surface area (Å²) < 4.78 is 30.8. The maximum atomic E-state index is 10.3. The van der Waals surface area contributed by atoms with Gasteiger partial charge >= 0.3 is 0 Å². The van der Waals surface area contributed by atoms with Gasteiger partial charge in [0.05, 0.1) is 10.1 Å². The summed E-state index contributed by atoms with van der Waals surface area (Å²) in [4.78, 5) is 0. The van der Waals surface area contributed by atoms with Crippen molar-refractivity contribution in [3.05, 3.63) is 0 Å². The molecule has 0 spiro atoms. The molecule has 0 rings (SSSR count). The summed E-state index contributed by atoms with van der Waals surface area (Å²) in [5, 5.41) is 0. The molecule has 12 heavy (non-hydrogen) atoms. The van der Waals surface area contributed by atoms with E-state index in [-0.39, 0.29) is 5.75 Å².